The lowest BCUT2D eigenvalue weighted by Gasteiger charge is -2.42. The molecule has 2 aliphatic heterocycles. The first-order valence-corrected chi connectivity index (χ1v) is 5.86. The third-order valence-corrected chi connectivity index (χ3v) is 5.31. The molecule has 0 aromatic heterocycles. The molecule has 2 atom stereocenters. The summed E-state index contributed by atoms with van der Waals surface area (Å²) < 4.78 is 2.04. The Kier molecular flexibility index (Phi) is 1.89. The summed E-state index contributed by atoms with van der Waals surface area (Å²) in [6, 6.07) is 0. The number of halogens is 1. The van der Waals surface area contributed by atoms with Crippen LogP contribution in [0.3, 0.4) is 0 Å². The first-order chi connectivity index (χ1) is 5.33. The van der Waals surface area contributed by atoms with E-state index in [0.29, 0.717) is 5.37 Å². The van der Waals surface area contributed by atoms with Crippen LogP contribution < -0.4 is 0 Å². The van der Waals surface area contributed by atoms with Gasteiger partial charge in [0.05, 0.1) is 11.8 Å². The molecule has 0 N–H and O–H groups in total. The lowest BCUT2D eigenvalue weighted by molar-refractivity contribution is -0.137. The highest BCUT2D eigenvalue weighted by molar-refractivity contribution is 9.19. The molecule has 4 heteroatoms. The average Bonchev–Trinajstić information content (AvgIpc) is 2.03. The van der Waals surface area contributed by atoms with Gasteiger partial charge < -0.3 is 4.90 Å². The first-order valence-electron chi connectivity index (χ1n) is 3.43. The molecular weight excluding hydrogens is 226 g/mol. The Labute approximate surface area is 76.3 Å². The number of carbonyl (C=O) groups is 1. The monoisotopic (exact) mass is 233 g/mol. The topological polar surface area (TPSA) is 20.3 Å². The molecule has 1 amide bonds. The molecule has 0 saturated carbocycles. The summed E-state index contributed by atoms with van der Waals surface area (Å²) in [5.74, 6) is 1.34. The Balaban J connectivity index is 2.24. The van der Waals surface area contributed by atoms with Crippen molar-refractivity contribution in [3.8, 4) is 0 Å². The molecule has 0 bridgehead atoms. The largest absolute Gasteiger partial charge is 0.307 e. The quantitative estimate of drug-likeness (QED) is 0.353. The number of β-lactam (4-membered cyclic amide) rings is 1. The van der Waals surface area contributed by atoms with Crippen molar-refractivity contribution in [3.63, 3.8) is 0 Å². The van der Waals surface area contributed by atoms with Gasteiger partial charge in [-0.1, -0.05) is 22.0 Å². The number of fused-ring (bicyclic) bond motifs is 1. The van der Waals surface area contributed by atoms with Crippen LogP contribution in [0.2, 0.25) is 0 Å². The molecule has 2 heterocycles. The van der Waals surface area contributed by atoms with E-state index in [1.54, 1.807) is 0 Å². The number of hydrogen-bond donors (Lipinski definition) is 0. The smallest absolute Gasteiger partial charge is 0.230 e. The minimum atomic E-state index is 0.250. The van der Waals surface area contributed by atoms with E-state index < -0.39 is 0 Å². The third kappa shape index (κ3) is 1.08. The summed E-state index contributed by atoms with van der Waals surface area (Å²) in [6.07, 6.45) is 4.71. The van der Waals surface area contributed by atoms with E-state index in [1.165, 1.54) is 0 Å². The van der Waals surface area contributed by atoms with E-state index in [9.17, 15) is 4.79 Å². The van der Waals surface area contributed by atoms with Crippen molar-refractivity contribution >= 4 is 36.6 Å². The van der Waals surface area contributed by atoms with Gasteiger partial charge in [-0.05, 0) is 0 Å². The van der Waals surface area contributed by atoms with E-state index in [2.05, 4.69) is 22.0 Å². The Morgan fingerprint density at radius 1 is 1.82 bits per heavy atom. The number of amides is 1. The fourth-order valence-electron chi connectivity index (χ4n) is 1.31. The zero-order valence-electron chi connectivity index (χ0n) is 5.87. The number of nitrogens with zero attached hydrogens (tertiary/aromatic N) is 1. The van der Waals surface area contributed by atoms with Gasteiger partial charge in [0.25, 0.3) is 0 Å². The summed E-state index contributed by atoms with van der Waals surface area (Å²) in [5.41, 5.74) is 0. The zero-order chi connectivity index (χ0) is 7.84. The minimum absolute atomic E-state index is 0.250. The van der Waals surface area contributed by atoms with Crippen molar-refractivity contribution in [2.45, 2.75) is 11.8 Å². The van der Waals surface area contributed by atoms with Gasteiger partial charge in [-0.3, -0.25) is 4.79 Å². The Morgan fingerprint density at radius 2 is 2.64 bits per heavy atom. The summed E-state index contributed by atoms with van der Waals surface area (Å²) >= 11 is 3.35. The number of hydrogen-bond acceptors (Lipinski definition) is 1. The van der Waals surface area contributed by atoms with Crippen molar-refractivity contribution < 1.29 is 4.79 Å². The molecule has 2 unspecified atom stereocenters. The summed E-state index contributed by atoms with van der Waals surface area (Å²) in [5, 5.41) is 0.465. The normalized spacial score (nSPS) is 35.4. The predicted molar refractivity (Wildman–Crippen MR) is 51.8 cm³/mol. The van der Waals surface area contributed by atoms with Gasteiger partial charge in [-0.15, -0.1) is 0 Å². The molecule has 2 rings (SSSR count). The molecule has 0 aromatic rings. The van der Waals surface area contributed by atoms with Gasteiger partial charge >= 0.3 is 0 Å². The van der Waals surface area contributed by atoms with Crippen molar-refractivity contribution in [2.75, 3.05) is 5.75 Å². The SMILES string of the molecule is O=C1CC2N1C=CC/S2=C\Br. The van der Waals surface area contributed by atoms with Crippen LogP contribution in [0.25, 0.3) is 0 Å². The highest BCUT2D eigenvalue weighted by Crippen LogP contribution is 2.38. The van der Waals surface area contributed by atoms with Crippen LogP contribution in [-0.4, -0.2) is 26.2 Å². The standard InChI is InChI=1S/C7H8BrNOS/c8-5-11-3-1-2-9-6(10)4-7(9)11/h1-2,5,7H,3-4H2. The summed E-state index contributed by atoms with van der Waals surface area (Å²) in [6.45, 7) is 0. The maximum Gasteiger partial charge on any atom is 0.230 e. The molecule has 0 spiro atoms. The Bertz CT molecular complexity index is 261. The van der Waals surface area contributed by atoms with E-state index in [1.807, 2.05) is 15.4 Å². The third-order valence-electron chi connectivity index (χ3n) is 1.97. The van der Waals surface area contributed by atoms with Gasteiger partial charge in [0.2, 0.25) is 5.91 Å². The summed E-state index contributed by atoms with van der Waals surface area (Å²) in [7, 11) is 0.250. The lowest BCUT2D eigenvalue weighted by atomic mass is 10.2. The van der Waals surface area contributed by atoms with Crippen LogP contribution in [-0.2, 0) is 4.79 Å². The van der Waals surface area contributed by atoms with Crippen molar-refractivity contribution in [1.29, 1.82) is 0 Å². The average molecular weight is 234 g/mol. The molecule has 0 aliphatic carbocycles. The van der Waals surface area contributed by atoms with E-state index >= 15 is 0 Å². The predicted octanol–water partition coefficient (Wildman–Crippen LogP) is 1.50. The lowest BCUT2D eigenvalue weighted by Crippen LogP contribution is -2.49. The maximum absolute atomic E-state index is 11.0. The van der Waals surface area contributed by atoms with Crippen molar-refractivity contribution in [2.24, 2.45) is 0 Å². The Morgan fingerprint density at radius 3 is 3.27 bits per heavy atom. The first kappa shape index (κ1) is 7.55. The van der Waals surface area contributed by atoms with Crippen molar-refractivity contribution in [1.82, 2.24) is 4.90 Å². The molecule has 11 heavy (non-hydrogen) atoms. The molecule has 60 valence electrons. The fourth-order valence-corrected chi connectivity index (χ4v) is 4.07. The molecule has 0 aromatic carbocycles. The maximum atomic E-state index is 11.0. The number of rotatable bonds is 0. The molecule has 1 saturated heterocycles. The number of carbonyl (C=O) groups excluding carboxylic acids is 1. The second-order valence-corrected chi connectivity index (χ2v) is 5.69. The molecule has 0 radical (unpaired) electrons. The van der Waals surface area contributed by atoms with E-state index in [-0.39, 0.29) is 16.4 Å². The van der Waals surface area contributed by atoms with Crippen LogP contribution in [0.15, 0.2) is 12.3 Å². The molecule has 1 fully saturated rings. The van der Waals surface area contributed by atoms with Crippen LogP contribution in [0.5, 0.6) is 0 Å². The van der Waals surface area contributed by atoms with Gasteiger partial charge in [0.1, 0.15) is 0 Å². The van der Waals surface area contributed by atoms with Gasteiger partial charge in [-0.2, -0.15) is 10.5 Å². The van der Waals surface area contributed by atoms with Gasteiger partial charge in [-0.25, -0.2) is 0 Å². The Hall–Kier alpha value is -0.0900. The zero-order valence-corrected chi connectivity index (χ0v) is 8.27. The van der Waals surface area contributed by atoms with Crippen LogP contribution in [0.4, 0.5) is 0 Å². The van der Waals surface area contributed by atoms with E-state index in [0.717, 1.165) is 12.2 Å². The fraction of sp³-hybridized carbons (Fsp3) is 0.429. The minimum Gasteiger partial charge on any atom is -0.307 e. The van der Waals surface area contributed by atoms with E-state index in [4.69, 9.17) is 0 Å². The molecular formula is C7H8BrNOS. The molecule has 2 nitrogen and oxygen atoms in total. The van der Waals surface area contributed by atoms with Crippen LogP contribution in [0.1, 0.15) is 6.42 Å². The second-order valence-electron chi connectivity index (χ2n) is 2.57. The van der Waals surface area contributed by atoms with Gasteiger partial charge in [0.15, 0.2) is 0 Å². The summed E-state index contributed by atoms with van der Waals surface area (Å²) in [4.78, 5) is 12.8. The highest BCUT2D eigenvalue weighted by Gasteiger charge is 2.37. The van der Waals surface area contributed by atoms with Crippen LogP contribution >= 0.6 is 26.4 Å². The highest BCUT2D eigenvalue weighted by atomic mass is 79.9. The van der Waals surface area contributed by atoms with Crippen molar-refractivity contribution in [3.05, 3.63) is 12.3 Å². The second kappa shape index (κ2) is 2.75. The van der Waals surface area contributed by atoms with Gasteiger partial charge in [0, 0.05) is 16.2 Å². The molecule has 2 aliphatic rings. The van der Waals surface area contributed by atoms with Crippen LogP contribution in [0, 0.1) is 0 Å².